The summed E-state index contributed by atoms with van der Waals surface area (Å²) in [4.78, 5) is 2.86. The lowest BCUT2D eigenvalue weighted by molar-refractivity contribution is -0.00567. The van der Waals surface area contributed by atoms with Gasteiger partial charge in [0.1, 0.15) is 0 Å². The van der Waals surface area contributed by atoms with Crippen LogP contribution in [0.2, 0.25) is 0 Å². The second kappa shape index (κ2) is 3.78. The Morgan fingerprint density at radius 2 is 2.31 bits per heavy atom. The van der Waals surface area contributed by atoms with Gasteiger partial charge in [0.05, 0.1) is 19.3 Å². The van der Waals surface area contributed by atoms with E-state index < -0.39 is 0 Å². The summed E-state index contributed by atoms with van der Waals surface area (Å²) in [5.41, 5.74) is 1.41. The van der Waals surface area contributed by atoms with Crippen LogP contribution in [-0.4, -0.2) is 19.3 Å². The summed E-state index contributed by atoms with van der Waals surface area (Å²) < 4.78 is 5.09. The smallest absolute Gasteiger partial charge is 0.0643 e. The molecule has 0 unspecified atom stereocenters. The summed E-state index contributed by atoms with van der Waals surface area (Å²) in [7, 11) is 0. The van der Waals surface area contributed by atoms with Crippen molar-refractivity contribution in [1.82, 2.24) is 5.32 Å². The number of thiophene rings is 1. The SMILES string of the molecule is Cc1cc(CNC2COC2)sc1C. The Morgan fingerprint density at radius 1 is 1.54 bits per heavy atom. The quantitative estimate of drug-likeness (QED) is 0.798. The molecule has 2 rings (SSSR count). The summed E-state index contributed by atoms with van der Waals surface area (Å²) in [6.45, 7) is 7.10. The molecule has 0 aromatic carbocycles. The highest BCUT2D eigenvalue weighted by atomic mass is 32.1. The molecule has 1 saturated heterocycles. The molecule has 1 aliphatic heterocycles. The maximum Gasteiger partial charge on any atom is 0.0643 e. The Bertz CT molecular complexity index is 272. The van der Waals surface area contributed by atoms with Gasteiger partial charge in [0.25, 0.3) is 0 Å². The maximum atomic E-state index is 5.09. The monoisotopic (exact) mass is 197 g/mol. The number of rotatable bonds is 3. The fourth-order valence-corrected chi connectivity index (χ4v) is 2.34. The first kappa shape index (κ1) is 9.19. The van der Waals surface area contributed by atoms with Crippen LogP contribution >= 0.6 is 11.3 Å². The first-order valence-electron chi connectivity index (χ1n) is 4.63. The van der Waals surface area contributed by atoms with Crippen molar-refractivity contribution < 1.29 is 4.74 Å². The van der Waals surface area contributed by atoms with E-state index in [9.17, 15) is 0 Å². The average molecular weight is 197 g/mol. The first-order valence-corrected chi connectivity index (χ1v) is 5.44. The Labute approximate surface area is 82.9 Å². The molecular formula is C10H15NOS. The van der Waals surface area contributed by atoms with Crippen LogP contribution in [0.15, 0.2) is 6.07 Å². The van der Waals surface area contributed by atoms with E-state index in [0.717, 1.165) is 19.8 Å². The Kier molecular flexibility index (Phi) is 2.67. The van der Waals surface area contributed by atoms with Gasteiger partial charge in [-0.05, 0) is 25.5 Å². The highest BCUT2D eigenvalue weighted by Gasteiger charge is 2.17. The number of aryl methyl sites for hydroxylation is 2. The summed E-state index contributed by atoms with van der Waals surface area (Å²) in [5, 5.41) is 3.46. The molecule has 13 heavy (non-hydrogen) atoms. The average Bonchev–Trinajstić information content (AvgIpc) is 2.28. The van der Waals surface area contributed by atoms with Crippen molar-refractivity contribution in [2.75, 3.05) is 13.2 Å². The first-order chi connectivity index (χ1) is 6.25. The van der Waals surface area contributed by atoms with Crippen molar-refractivity contribution >= 4 is 11.3 Å². The van der Waals surface area contributed by atoms with Gasteiger partial charge in [-0.25, -0.2) is 0 Å². The zero-order valence-electron chi connectivity index (χ0n) is 8.09. The van der Waals surface area contributed by atoms with E-state index in [2.05, 4.69) is 25.2 Å². The van der Waals surface area contributed by atoms with Gasteiger partial charge in [-0.3, -0.25) is 0 Å². The van der Waals surface area contributed by atoms with Crippen LogP contribution in [0.5, 0.6) is 0 Å². The van der Waals surface area contributed by atoms with Crippen LogP contribution < -0.4 is 5.32 Å². The summed E-state index contributed by atoms with van der Waals surface area (Å²) in [6.07, 6.45) is 0. The van der Waals surface area contributed by atoms with Gasteiger partial charge in [-0.15, -0.1) is 11.3 Å². The number of ether oxygens (including phenoxy) is 1. The van der Waals surface area contributed by atoms with Crippen LogP contribution in [0.1, 0.15) is 15.3 Å². The second-order valence-electron chi connectivity index (χ2n) is 3.57. The Hall–Kier alpha value is -0.380. The van der Waals surface area contributed by atoms with E-state index in [0.29, 0.717) is 6.04 Å². The molecule has 0 spiro atoms. The van der Waals surface area contributed by atoms with E-state index in [1.807, 2.05) is 11.3 Å². The van der Waals surface area contributed by atoms with E-state index >= 15 is 0 Å². The summed E-state index contributed by atoms with van der Waals surface area (Å²) in [5.74, 6) is 0. The molecule has 1 N–H and O–H groups in total. The van der Waals surface area contributed by atoms with Crippen molar-refractivity contribution in [2.45, 2.75) is 26.4 Å². The van der Waals surface area contributed by atoms with E-state index in [1.165, 1.54) is 15.3 Å². The summed E-state index contributed by atoms with van der Waals surface area (Å²) >= 11 is 1.89. The lowest BCUT2D eigenvalue weighted by Gasteiger charge is -2.26. The van der Waals surface area contributed by atoms with Crippen LogP contribution in [0, 0.1) is 13.8 Å². The normalized spacial score (nSPS) is 17.4. The largest absolute Gasteiger partial charge is 0.378 e. The molecule has 72 valence electrons. The zero-order chi connectivity index (χ0) is 9.26. The third kappa shape index (κ3) is 2.10. The molecule has 0 aliphatic carbocycles. The van der Waals surface area contributed by atoms with Gasteiger partial charge in [0.2, 0.25) is 0 Å². The number of nitrogens with one attached hydrogen (secondary N) is 1. The molecule has 2 heterocycles. The van der Waals surface area contributed by atoms with Crippen LogP contribution in [-0.2, 0) is 11.3 Å². The van der Waals surface area contributed by atoms with Gasteiger partial charge in [0.15, 0.2) is 0 Å². The molecule has 0 bridgehead atoms. The molecule has 1 aromatic rings. The molecule has 0 amide bonds. The highest BCUT2D eigenvalue weighted by molar-refractivity contribution is 7.12. The van der Waals surface area contributed by atoms with Crippen molar-refractivity contribution in [3.05, 3.63) is 21.4 Å². The molecule has 0 radical (unpaired) electrons. The molecule has 3 heteroatoms. The minimum absolute atomic E-state index is 0.586. The molecule has 1 aliphatic rings. The maximum absolute atomic E-state index is 5.09. The van der Waals surface area contributed by atoms with Crippen LogP contribution in [0.4, 0.5) is 0 Å². The Morgan fingerprint density at radius 3 is 2.77 bits per heavy atom. The van der Waals surface area contributed by atoms with E-state index in [-0.39, 0.29) is 0 Å². The molecule has 1 fully saturated rings. The molecule has 0 saturated carbocycles. The lowest BCUT2D eigenvalue weighted by Crippen LogP contribution is -2.45. The van der Waals surface area contributed by atoms with Crippen molar-refractivity contribution in [3.8, 4) is 0 Å². The van der Waals surface area contributed by atoms with Gasteiger partial charge in [0, 0.05) is 16.3 Å². The van der Waals surface area contributed by atoms with E-state index in [4.69, 9.17) is 4.74 Å². The van der Waals surface area contributed by atoms with Gasteiger partial charge < -0.3 is 10.1 Å². The van der Waals surface area contributed by atoms with Crippen LogP contribution in [0.3, 0.4) is 0 Å². The standard InChI is InChI=1S/C10H15NOS/c1-7-3-10(13-8(7)2)4-11-9-5-12-6-9/h3,9,11H,4-6H2,1-2H3. The topological polar surface area (TPSA) is 21.3 Å². The summed E-state index contributed by atoms with van der Waals surface area (Å²) in [6, 6.07) is 2.86. The molecular weight excluding hydrogens is 182 g/mol. The van der Waals surface area contributed by atoms with Crippen LogP contribution in [0.25, 0.3) is 0 Å². The highest BCUT2D eigenvalue weighted by Crippen LogP contribution is 2.20. The van der Waals surface area contributed by atoms with Crippen molar-refractivity contribution in [1.29, 1.82) is 0 Å². The van der Waals surface area contributed by atoms with Gasteiger partial charge >= 0.3 is 0 Å². The molecule has 0 atom stereocenters. The Balaban J connectivity index is 1.86. The fraction of sp³-hybridized carbons (Fsp3) is 0.600. The second-order valence-corrected chi connectivity index (χ2v) is 4.91. The van der Waals surface area contributed by atoms with Crippen molar-refractivity contribution in [2.24, 2.45) is 0 Å². The minimum Gasteiger partial charge on any atom is -0.378 e. The molecule has 2 nitrogen and oxygen atoms in total. The van der Waals surface area contributed by atoms with Gasteiger partial charge in [-0.1, -0.05) is 0 Å². The van der Waals surface area contributed by atoms with E-state index in [1.54, 1.807) is 0 Å². The minimum atomic E-state index is 0.586. The number of hydrogen-bond donors (Lipinski definition) is 1. The third-order valence-corrected chi connectivity index (χ3v) is 3.57. The van der Waals surface area contributed by atoms with Crippen molar-refractivity contribution in [3.63, 3.8) is 0 Å². The predicted molar refractivity (Wildman–Crippen MR) is 55.2 cm³/mol. The van der Waals surface area contributed by atoms with Gasteiger partial charge in [-0.2, -0.15) is 0 Å². The zero-order valence-corrected chi connectivity index (χ0v) is 8.91. The number of hydrogen-bond acceptors (Lipinski definition) is 3. The predicted octanol–water partition coefficient (Wildman–Crippen LogP) is 1.85. The molecule has 1 aromatic heterocycles. The fourth-order valence-electron chi connectivity index (χ4n) is 1.34. The third-order valence-electron chi connectivity index (χ3n) is 2.42. The lowest BCUT2D eigenvalue weighted by atomic mass is 10.2.